The lowest BCUT2D eigenvalue weighted by atomic mass is 10.2. The van der Waals surface area contributed by atoms with Gasteiger partial charge in [0, 0.05) is 24.2 Å². The van der Waals surface area contributed by atoms with E-state index in [4.69, 9.17) is 4.42 Å². The van der Waals surface area contributed by atoms with Crippen LogP contribution in [0, 0.1) is 5.92 Å². The van der Waals surface area contributed by atoms with Crippen molar-refractivity contribution in [1.82, 2.24) is 4.90 Å². The number of rotatable bonds is 7. The van der Waals surface area contributed by atoms with Crippen molar-refractivity contribution < 1.29 is 17.6 Å². The second-order valence-corrected chi connectivity index (χ2v) is 9.46. The summed E-state index contributed by atoms with van der Waals surface area (Å²) in [4.78, 5) is 14.4. The topological polar surface area (TPSA) is 79.6 Å². The molecular formula is C23H24N2O4S. The summed E-state index contributed by atoms with van der Waals surface area (Å²) in [5, 5.41) is 0. The first-order valence-electron chi connectivity index (χ1n) is 9.85. The number of nitrogens with zero attached hydrogens (tertiary/aromatic N) is 1. The van der Waals surface area contributed by atoms with E-state index in [1.807, 2.05) is 18.2 Å². The molecule has 2 aromatic carbocycles. The van der Waals surface area contributed by atoms with E-state index in [1.54, 1.807) is 36.2 Å². The predicted octanol–water partition coefficient (Wildman–Crippen LogP) is 4.48. The molecule has 1 aromatic heterocycles. The average Bonchev–Trinajstić information content (AvgIpc) is 3.28. The van der Waals surface area contributed by atoms with Crippen molar-refractivity contribution in [2.24, 2.45) is 5.92 Å². The Morgan fingerprint density at radius 1 is 1.07 bits per heavy atom. The number of furan rings is 1. The summed E-state index contributed by atoms with van der Waals surface area (Å²) < 4.78 is 33.4. The van der Waals surface area contributed by atoms with Crippen LogP contribution in [0.5, 0.6) is 0 Å². The Bertz CT molecular complexity index is 1140. The maximum Gasteiger partial charge on any atom is 0.261 e. The fraction of sp³-hybridized carbons (Fsp3) is 0.261. The molecular weight excluding hydrogens is 400 g/mol. The standard InChI is InChI=1S/C23H24N2O4S/c1-16-14-21(16)22-13-10-19(29-22)15-25(2)23(26)17-8-11-20(12-9-17)30(27,28)24-18-6-4-3-5-7-18/h3-13,16,21,24H,14-15H2,1-2H3/t16-,21+/m0/s1. The highest BCUT2D eigenvalue weighted by atomic mass is 32.2. The highest BCUT2D eigenvalue weighted by Gasteiger charge is 2.36. The molecule has 6 nitrogen and oxygen atoms in total. The van der Waals surface area contributed by atoms with Crippen LogP contribution in [0.25, 0.3) is 0 Å². The van der Waals surface area contributed by atoms with Gasteiger partial charge >= 0.3 is 0 Å². The number of hydrogen-bond donors (Lipinski definition) is 1. The maximum atomic E-state index is 12.7. The molecule has 1 fully saturated rings. The third-order valence-corrected chi connectivity index (χ3v) is 6.73. The van der Waals surface area contributed by atoms with Gasteiger partial charge in [0.2, 0.25) is 0 Å². The van der Waals surface area contributed by atoms with Crippen LogP contribution < -0.4 is 4.72 Å². The van der Waals surface area contributed by atoms with E-state index >= 15 is 0 Å². The second kappa shape index (κ2) is 7.99. The van der Waals surface area contributed by atoms with Gasteiger partial charge in [-0.15, -0.1) is 0 Å². The van der Waals surface area contributed by atoms with E-state index in [0.717, 1.165) is 17.9 Å². The molecule has 2 atom stereocenters. The first kappa shape index (κ1) is 20.2. The molecule has 1 aliphatic carbocycles. The van der Waals surface area contributed by atoms with E-state index in [9.17, 15) is 13.2 Å². The number of sulfonamides is 1. The van der Waals surface area contributed by atoms with Gasteiger partial charge < -0.3 is 9.32 Å². The zero-order valence-electron chi connectivity index (χ0n) is 16.9. The smallest absolute Gasteiger partial charge is 0.261 e. The molecule has 0 bridgehead atoms. The minimum Gasteiger partial charge on any atom is -0.464 e. The molecule has 1 aliphatic rings. The van der Waals surface area contributed by atoms with Gasteiger partial charge in [-0.3, -0.25) is 9.52 Å². The Labute approximate surface area is 176 Å². The van der Waals surface area contributed by atoms with Crippen molar-refractivity contribution in [1.29, 1.82) is 0 Å². The number of anilines is 1. The fourth-order valence-electron chi connectivity index (χ4n) is 3.42. The van der Waals surface area contributed by atoms with Gasteiger partial charge in [-0.1, -0.05) is 25.1 Å². The highest BCUT2D eigenvalue weighted by Crippen LogP contribution is 2.47. The van der Waals surface area contributed by atoms with Crippen molar-refractivity contribution >= 4 is 21.6 Å². The van der Waals surface area contributed by atoms with Crippen molar-refractivity contribution in [2.75, 3.05) is 11.8 Å². The molecule has 30 heavy (non-hydrogen) atoms. The summed E-state index contributed by atoms with van der Waals surface area (Å²) in [7, 11) is -2.02. The van der Waals surface area contributed by atoms with Crippen molar-refractivity contribution in [3.63, 3.8) is 0 Å². The van der Waals surface area contributed by atoms with Crippen molar-refractivity contribution in [3.05, 3.63) is 83.8 Å². The lowest BCUT2D eigenvalue weighted by molar-refractivity contribution is 0.0774. The molecule has 0 unspecified atom stereocenters. The molecule has 1 heterocycles. The second-order valence-electron chi connectivity index (χ2n) is 7.78. The van der Waals surface area contributed by atoms with Crippen molar-refractivity contribution in [3.8, 4) is 0 Å². The van der Waals surface area contributed by atoms with E-state index in [2.05, 4.69) is 11.6 Å². The number of benzene rings is 2. The minimum absolute atomic E-state index is 0.0970. The van der Waals surface area contributed by atoms with Gasteiger partial charge in [0.05, 0.1) is 11.4 Å². The molecule has 1 N–H and O–H groups in total. The number of para-hydroxylation sites is 1. The molecule has 0 spiro atoms. The first-order chi connectivity index (χ1) is 14.3. The van der Waals surface area contributed by atoms with Crippen LogP contribution in [-0.4, -0.2) is 26.3 Å². The van der Waals surface area contributed by atoms with Crippen LogP contribution in [0.1, 0.15) is 41.1 Å². The molecule has 3 aromatic rings. The molecule has 0 saturated heterocycles. The van der Waals surface area contributed by atoms with Gasteiger partial charge in [0.1, 0.15) is 11.5 Å². The lowest BCUT2D eigenvalue weighted by Crippen LogP contribution is -2.26. The number of nitrogens with one attached hydrogen (secondary N) is 1. The van der Waals surface area contributed by atoms with Crippen molar-refractivity contribution in [2.45, 2.75) is 30.7 Å². The largest absolute Gasteiger partial charge is 0.464 e. The van der Waals surface area contributed by atoms with Crippen LogP contribution in [-0.2, 0) is 16.6 Å². The Morgan fingerprint density at radius 2 is 1.73 bits per heavy atom. The Hall–Kier alpha value is -3.06. The van der Waals surface area contributed by atoms with Crippen LogP contribution in [0.3, 0.4) is 0 Å². The summed E-state index contributed by atoms with van der Waals surface area (Å²) in [6.45, 7) is 2.55. The zero-order chi connectivity index (χ0) is 21.3. The number of carbonyl (C=O) groups excluding carboxylic acids is 1. The van der Waals surface area contributed by atoms with E-state index in [0.29, 0.717) is 29.6 Å². The van der Waals surface area contributed by atoms with Crippen LogP contribution in [0.2, 0.25) is 0 Å². The Kier molecular flexibility index (Phi) is 5.39. The quantitative estimate of drug-likeness (QED) is 0.607. The van der Waals surface area contributed by atoms with Crippen LogP contribution in [0.15, 0.2) is 76.0 Å². The molecule has 156 valence electrons. The van der Waals surface area contributed by atoms with Gasteiger partial charge in [0.15, 0.2) is 0 Å². The normalized spacial score (nSPS) is 18.1. The number of hydrogen-bond acceptors (Lipinski definition) is 4. The molecule has 1 amide bonds. The fourth-order valence-corrected chi connectivity index (χ4v) is 4.48. The summed E-state index contributed by atoms with van der Waals surface area (Å²) in [6, 6.07) is 18.5. The average molecular weight is 425 g/mol. The van der Waals surface area contributed by atoms with E-state index in [-0.39, 0.29) is 10.8 Å². The van der Waals surface area contributed by atoms with E-state index in [1.165, 1.54) is 24.3 Å². The van der Waals surface area contributed by atoms with Gasteiger partial charge in [0.25, 0.3) is 15.9 Å². The Balaban J connectivity index is 1.41. The lowest BCUT2D eigenvalue weighted by Gasteiger charge is -2.16. The predicted molar refractivity (Wildman–Crippen MR) is 115 cm³/mol. The maximum absolute atomic E-state index is 12.7. The van der Waals surface area contributed by atoms with Gasteiger partial charge in [-0.25, -0.2) is 8.42 Å². The summed E-state index contributed by atoms with van der Waals surface area (Å²) in [6.07, 6.45) is 1.15. The summed E-state index contributed by atoms with van der Waals surface area (Å²) in [5.41, 5.74) is 0.898. The SMILES string of the molecule is C[C@H]1C[C@H]1c1ccc(CN(C)C(=O)c2ccc(S(=O)(=O)Nc3ccccc3)cc2)o1. The third-order valence-electron chi connectivity index (χ3n) is 5.33. The third kappa shape index (κ3) is 4.41. The molecule has 4 rings (SSSR count). The number of amides is 1. The van der Waals surface area contributed by atoms with Gasteiger partial charge in [-0.05, 0) is 60.9 Å². The number of carbonyl (C=O) groups is 1. The molecule has 0 aliphatic heterocycles. The van der Waals surface area contributed by atoms with Crippen LogP contribution in [0.4, 0.5) is 5.69 Å². The Morgan fingerprint density at radius 3 is 2.37 bits per heavy atom. The molecule has 1 saturated carbocycles. The molecule has 0 radical (unpaired) electrons. The summed E-state index contributed by atoms with van der Waals surface area (Å²) in [5.74, 6) is 2.69. The monoisotopic (exact) mass is 424 g/mol. The van der Waals surface area contributed by atoms with Crippen LogP contribution >= 0.6 is 0 Å². The summed E-state index contributed by atoms with van der Waals surface area (Å²) >= 11 is 0. The first-order valence-corrected chi connectivity index (χ1v) is 11.3. The van der Waals surface area contributed by atoms with E-state index < -0.39 is 10.0 Å². The zero-order valence-corrected chi connectivity index (χ0v) is 17.7. The highest BCUT2D eigenvalue weighted by molar-refractivity contribution is 7.92. The minimum atomic E-state index is -3.72. The van der Waals surface area contributed by atoms with Gasteiger partial charge in [-0.2, -0.15) is 0 Å². The molecule has 7 heteroatoms.